The van der Waals surface area contributed by atoms with E-state index < -0.39 is 6.61 Å². The van der Waals surface area contributed by atoms with E-state index in [1.165, 1.54) is 38.8 Å². The van der Waals surface area contributed by atoms with Gasteiger partial charge in [-0.3, -0.25) is 4.90 Å². The first-order valence-corrected chi connectivity index (χ1v) is 9.73. The molecule has 6 heteroatoms. The van der Waals surface area contributed by atoms with Gasteiger partial charge in [0.15, 0.2) is 0 Å². The maximum atomic E-state index is 12.2. The van der Waals surface area contributed by atoms with Crippen molar-refractivity contribution in [1.82, 2.24) is 9.80 Å². The monoisotopic (exact) mass is 368 g/mol. The molecule has 0 spiro atoms. The number of halogens is 2. The molecule has 2 fully saturated rings. The number of aliphatic hydroxyl groups is 1. The van der Waals surface area contributed by atoms with Crippen LogP contribution in [0, 0.1) is 11.8 Å². The van der Waals surface area contributed by atoms with Gasteiger partial charge in [0.25, 0.3) is 0 Å². The van der Waals surface area contributed by atoms with Gasteiger partial charge in [0.2, 0.25) is 0 Å². The molecule has 4 nitrogen and oxygen atoms in total. The molecular weight excluding hydrogens is 338 g/mol. The summed E-state index contributed by atoms with van der Waals surface area (Å²) in [7, 11) is 0. The molecule has 1 N–H and O–H groups in total. The molecule has 2 atom stereocenters. The topological polar surface area (TPSA) is 35.9 Å². The maximum Gasteiger partial charge on any atom is 0.387 e. The second kappa shape index (κ2) is 9.62. The van der Waals surface area contributed by atoms with E-state index in [0.29, 0.717) is 11.8 Å². The van der Waals surface area contributed by atoms with Crippen molar-refractivity contribution in [2.45, 2.75) is 38.8 Å². The van der Waals surface area contributed by atoms with Crippen molar-refractivity contribution in [1.29, 1.82) is 0 Å². The average Bonchev–Trinajstić information content (AvgIpc) is 2.81. The molecular formula is C20H30F2N2O2. The molecule has 0 aromatic heterocycles. The maximum absolute atomic E-state index is 12.2. The second-order valence-electron chi connectivity index (χ2n) is 7.63. The quantitative estimate of drug-likeness (QED) is 0.802. The van der Waals surface area contributed by atoms with Gasteiger partial charge in [-0.25, -0.2) is 0 Å². The Hall–Kier alpha value is -1.24. The van der Waals surface area contributed by atoms with Crippen LogP contribution in [0.15, 0.2) is 24.3 Å². The van der Waals surface area contributed by atoms with Crippen molar-refractivity contribution < 1.29 is 18.6 Å². The van der Waals surface area contributed by atoms with E-state index in [1.54, 1.807) is 12.1 Å². The first kappa shape index (κ1) is 19.5. The van der Waals surface area contributed by atoms with Crippen LogP contribution in [-0.2, 0) is 6.54 Å². The minimum absolute atomic E-state index is 0.192. The summed E-state index contributed by atoms with van der Waals surface area (Å²) < 4.78 is 28.9. The molecule has 0 aliphatic carbocycles. The number of hydrogen-bond acceptors (Lipinski definition) is 4. The zero-order valence-electron chi connectivity index (χ0n) is 15.3. The predicted octanol–water partition coefficient (Wildman–Crippen LogP) is 3.20. The number of likely N-dealkylation sites (tertiary alicyclic amines) is 2. The Bertz CT molecular complexity index is 533. The van der Waals surface area contributed by atoms with Crippen LogP contribution >= 0.6 is 0 Å². The van der Waals surface area contributed by atoms with Gasteiger partial charge in [-0.1, -0.05) is 25.0 Å². The summed E-state index contributed by atoms with van der Waals surface area (Å²) in [5, 5.41) is 9.79. The fourth-order valence-corrected chi connectivity index (χ4v) is 4.26. The minimum atomic E-state index is -2.79. The number of alkyl halides is 2. The molecule has 0 radical (unpaired) electrons. The fraction of sp³-hybridized carbons (Fsp3) is 0.700. The van der Waals surface area contributed by atoms with Crippen LogP contribution in [-0.4, -0.2) is 60.8 Å². The van der Waals surface area contributed by atoms with Gasteiger partial charge in [0.1, 0.15) is 5.75 Å². The zero-order valence-corrected chi connectivity index (χ0v) is 15.3. The number of benzene rings is 1. The molecule has 0 unspecified atom stereocenters. The zero-order chi connectivity index (χ0) is 18.4. The van der Waals surface area contributed by atoms with Crippen LogP contribution in [0.25, 0.3) is 0 Å². The van der Waals surface area contributed by atoms with Crippen LogP contribution in [0.1, 0.15) is 31.2 Å². The summed E-state index contributed by atoms with van der Waals surface area (Å²) in [5.74, 6) is 1.01. The van der Waals surface area contributed by atoms with Crippen molar-refractivity contribution in [2.75, 3.05) is 39.3 Å². The molecule has 0 saturated carbocycles. The first-order chi connectivity index (χ1) is 12.6. The molecule has 2 aliphatic heterocycles. The Morgan fingerprint density at radius 3 is 2.23 bits per heavy atom. The molecule has 3 rings (SSSR count). The number of aliphatic hydroxyl groups excluding tert-OH is 1. The first-order valence-electron chi connectivity index (χ1n) is 9.73. The third-order valence-corrected chi connectivity index (χ3v) is 5.63. The van der Waals surface area contributed by atoms with Crippen LogP contribution in [0.4, 0.5) is 8.78 Å². The molecule has 2 heterocycles. The Labute approximate surface area is 154 Å². The SMILES string of the molecule is OC[C@H]1CN(Cc2ccc(OC(F)F)cc2)C[C@H]1CN1CCCCCC1. The lowest BCUT2D eigenvalue weighted by Crippen LogP contribution is -2.34. The molecule has 2 saturated heterocycles. The lowest BCUT2D eigenvalue weighted by Gasteiger charge is -2.26. The van der Waals surface area contributed by atoms with Crippen LogP contribution < -0.4 is 4.74 Å². The number of hydrogen-bond donors (Lipinski definition) is 1. The number of nitrogens with zero attached hydrogens (tertiary/aromatic N) is 2. The van der Waals surface area contributed by atoms with E-state index in [9.17, 15) is 13.9 Å². The largest absolute Gasteiger partial charge is 0.435 e. The molecule has 1 aromatic carbocycles. The van der Waals surface area contributed by atoms with Crippen LogP contribution in [0.3, 0.4) is 0 Å². The minimum Gasteiger partial charge on any atom is -0.435 e. The molecule has 0 amide bonds. The van der Waals surface area contributed by atoms with E-state index in [-0.39, 0.29) is 12.4 Å². The third-order valence-electron chi connectivity index (χ3n) is 5.63. The van der Waals surface area contributed by atoms with Gasteiger partial charge in [-0.15, -0.1) is 0 Å². The summed E-state index contributed by atoms with van der Waals surface area (Å²) in [6.45, 7) is 3.53. The van der Waals surface area contributed by atoms with Crippen molar-refractivity contribution in [3.8, 4) is 5.75 Å². The highest BCUT2D eigenvalue weighted by Crippen LogP contribution is 2.27. The summed E-state index contributed by atoms with van der Waals surface area (Å²) in [4.78, 5) is 4.94. The van der Waals surface area contributed by atoms with Crippen molar-refractivity contribution in [3.63, 3.8) is 0 Å². The van der Waals surface area contributed by atoms with Gasteiger partial charge in [-0.05, 0) is 55.5 Å². The fourth-order valence-electron chi connectivity index (χ4n) is 4.26. The van der Waals surface area contributed by atoms with Gasteiger partial charge in [0, 0.05) is 32.8 Å². The highest BCUT2D eigenvalue weighted by molar-refractivity contribution is 5.27. The Morgan fingerprint density at radius 2 is 1.62 bits per heavy atom. The number of ether oxygens (including phenoxy) is 1. The molecule has 1 aromatic rings. The summed E-state index contributed by atoms with van der Waals surface area (Å²) in [6, 6.07) is 6.87. The smallest absolute Gasteiger partial charge is 0.387 e. The van der Waals surface area contributed by atoms with E-state index >= 15 is 0 Å². The van der Waals surface area contributed by atoms with E-state index in [4.69, 9.17) is 0 Å². The highest BCUT2D eigenvalue weighted by Gasteiger charge is 2.33. The third kappa shape index (κ3) is 5.63. The van der Waals surface area contributed by atoms with Gasteiger partial charge in [-0.2, -0.15) is 8.78 Å². The van der Waals surface area contributed by atoms with Crippen molar-refractivity contribution >= 4 is 0 Å². The van der Waals surface area contributed by atoms with Gasteiger partial charge < -0.3 is 14.7 Å². The van der Waals surface area contributed by atoms with Crippen molar-refractivity contribution in [3.05, 3.63) is 29.8 Å². The Morgan fingerprint density at radius 1 is 0.962 bits per heavy atom. The van der Waals surface area contributed by atoms with E-state index in [0.717, 1.165) is 31.7 Å². The second-order valence-corrected chi connectivity index (χ2v) is 7.63. The molecule has 146 valence electrons. The lowest BCUT2D eigenvalue weighted by atomic mass is 9.96. The van der Waals surface area contributed by atoms with Gasteiger partial charge in [0.05, 0.1) is 0 Å². The standard InChI is InChI=1S/C20H30F2N2O2/c21-20(22)26-19-7-5-16(6-8-19)11-24-13-17(18(14-24)15-25)12-23-9-3-1-2-4-10-23/h5-8,17-18,20,25H,1-4,9-15H2/t17-,18-/m1/s1. The summed E-state index contributed by atoms with van der Waals surface area (Å²) in [6.07, 6.45) is 5.24. The predicted molar refractivity (Wildman–Crippen MR) is 97.3 cm³/mol. The molecule has 2 aliphatic rings. The average molecular weight is 368 g/mol. The molecule has 26 heavy (non-hydrogen) atoms. The van der Waals surface area contributed by atoms with Crippen molar-refractivity contribution in [2.24, 2.45) is 11.8 Å². The Balaban J connectivity index is 1.52. The summed E-state index contributed by atoms with van der Waals surface area (Å²) in [5.41, 5.74) is 1.08. The van der Waals surface area contributed by atoms with Crippen LogP contribution in [0.5, 0.6) is 5.75 Å². The normalized spacial score (nSPS) is 25.5. The Kier molecular flexibility index (Phi) is 7.23. The highest BCUT2D eigenvalue weighted by atomic mass is 19.3. The van der Waals surface area contributed by atoms with E-state index in [1.807, 2.05) is 12.1 Å². The number of rotatable bonds is 7. The van der Waals surface area contributed by atoms with E-state index in [2.05, 4.69) is 14.5 Å². The molecule has 0 bridgehead atoms. The van der Waals surface area contributed by atoms with Crippen LogP contribution in [0.2, 0.25) is 0 Å². The lowest BCUT2D eigenvalue weighted by molar-refractivity contribution is -0.0498. The van der Waals surface area contributed by atoms with Gasteiger partial charge >= 0.3 is 6.61 Å². The summed E-state index contributed by atoms with van der Waals surface area (Å²) >= 11 is 0.